The Hall–Kier alpha value is -2.71. The highest BCUT2D eigenvalue weighted by molar-refractivity contribution is 8.01. The molecular weight excluding hydrogens is 392 g/mol. The van der Waals surface area contributed by atoms with Crippen molar-refractivity contribution in [2.24, 2.45) is 0 Å². The lowest BCUT2D eigenvalue weighted by atomic mass is 10.1. The highest BCUT2D eigenvalue weighted by Crippen LogP contribution is 2.25. The first-order chi connectivity index (χ1) is 13.6. The van der Waals surface area contributed by atoms with Crippen LogP contribution < -0.4 is 10.6 Å². The number of nitrogens with one attached hydrogen (secondary N) is 2. The summed E-state index contributed by atoms with van der Waals surface area (Å²) in [4.78, 5) is 24.3. The number of benzene rings is 2. The predicted octanol–water partition coefficient (Wildman–Crippen LogP) is 3.55. The molecule has 0 fully saturated rings. The smallest absolute Gasteiger partial charge is 0.257 e. The van der Waals surface area contributed by atoms with Gasteiger partial charge in [0.25, 0.3) is 5.91 Å². The molecule has 0 bridgehead atoms. The number of anilines is 1. The summed E-state index contributed by atoms with van der Waals surface area (Å²) < 4.78 is 0.637. The molecule has 0 spiro atoms. The largest absolute Gasteiger partial charge is 0.355 e. The molecule has 0 atom stereocenters. The quantitative estimate of drug-likeness (QED) is 0.437. The third-order valence-corrected chi connectivity index (χ3v) is 5.89. The van der Waals surface area contributed by atoms with E-state index in [1.54, 1.807) is 6.07 Å². The minimum Gasteiger partial charge on any atom is -0.355 e. The van der Waals surface area contributed by atoms with Crippen LogP contribution in [0, 0.1) is 6.92 Å². The third-order valence-electron chi connectivity index (χ3n) is 3.92. The van der Waals surface area contributed by atoms with Crippen molar-refractivity contribution in [3.63, 3.8) is 0 Å². The molecule has 2 N–H and O–H groups in total. The van der Waals surface area contributed by atoms with Crippen LogP contribution in [-0.2, 0) is 11.2 Å². The van der Waals surface area contributed by atoms with E-state index in [0.29, 0.717) is 21.6 Å². The Labute approximate surface area is 171 Å². The average molecular weight is 413 g/mol. The van der Waals surface area contributed by atoms with Crippen molar-refractivity contribution in [3.05, 3.63) is 71.3 Å². The van der Waals surface area contributed by atoms with Gasteiger partial charge in [-0.3, -0.25) is 14.9 Å². The lowest BCUT2D eigenvalue weighted by Crippen LogP contribution is -2.27. The molecule has 0 saturated heterocycles. The molecule has 3 aromatic rings. The first kappa shape index (κ1) is 20.0. The summed E-state index contributed by atoms with van der Waals surface area (Å²) in [6, 6.07) is 17.4. The zero-order valence-electron chi connectivity index (χ0n) is 15.3. The van der Waals surface area contributed by atoms with Crippen molar-refractivity contribution < 1.29 is 9.59 Å². The van der Waals surface area contributed by atoms with Gasteiger partial charge >= 0.3 is 0 Å². The lowest BCUT2D eigenvalue weighted by Gasteiger charge is -2.04. The highest BCUT2D eigenvalue weighted by Gasteiger charge is 2.13. The molecule has 8 heteroatoms. The van der Waals surface area contributed by atoms with Gasteiger partial charge in [0, 0.05) is 12.1 Å². The molecule has 0 aliphatic rings. The van der Waals surface area contributed by atoms with E-state index in [1.807, 2.05) is 55.5 Å². The molecule has 0 radical (unpaired) electrons. The van der Waals surface area contributed by atoms with Gasteiger partial charge in [-0.2, -0.15) is 0 Å². The molecule has 2 amide bonds. The number of nitrogens with zero attached hydrogens (tertiary/aromatic N) is 2. The fourth-order valence-corrected chi connectivity index (χ4v) is 4.06. The first-order valence-corrected chi connectivity index (χ1v) is 10.6. The van der Waals surface area contributed by atoms with Crippen LogP contribution in [0.3, 0.4) is 0 Å². The molecule has 6 nitrogen and oxygen atoms in total. The van der Waals surface area contributed by atoms with E-state index in [0.717, 1.165) is 12.0 Å². The second-order valence-electron chi connectivity index (χ2n) is 6.02. The molecular formula is C20H20N4O2S2. The van der Waals surface area contributed by atoms with Crippen LogP contribution in [-0.4, -0.2) is 34.3 Å². The van der Waals surface area contributed by atoms with E-state index < -0.39 is 0 Å². The molecule has 144 valence electrons. The normalized spacial score (nSPS) is 10.5. The number of thioether (sulfide) groups is 1. The molecule has 0 aliphatic carbocycles. The van der Waals surface area contributed by atoms with Gasteiger partial charge in [0.1, 0.15) is 0 Å². The van der Waals surface area contributed by atoms with Gasteiger partial charge in [-0.15, -0.1) is 10.2 Å². The summed E-state index contributed by atoms with van der Waals surface area (Å²) in [7, 11) is 0. The van der Waals surface area contributed by atoms with Crippen molar-refractivity contribution in [1.29, 1.82) is 0 Å². The Kier molecular flexibility index (Phi) is 7.16. The zero-order valence-corrected chi connectivity index (χ0v) is 17.0. The Morgan fingerprint density at radius 3 is 2.57 bits per heavy atom. The van der Waals surface area contributed by atoms with Crippen molar-refractivity contribution in [2.45, 2.75) is 17.7 Å². The van der Waals surface area contributed by atoms with Crippen molar-refractivity contribution in [2.75, 3.05) is 17.6 Å². The molecule has 1 heterocycles. The zero-order chi connectivity index (χ0) is 19.8. The maximum absolute atomic E-state index is 12.3. The van der Waals surface area contributed by atoms with E-state index in [1.165, 1.54) is 28.7 Å². The van der Waals surface area contributed by atoms with E-state index >= 15 is 0 Å². The summed E-state index contributed by atoms with van der Waals surface area (Å²) in [5.41, 5.74) is 2.68. The second kappa shape index (κ2) is 10.0. The molecule has 0 saturated carbocycles. The minimum absolute atomic E-state index is 0.0540. The Morgan fingerprint density at radius 1 is 1.04 bits per heavy atom. The van der Waals surface area contributed by atoms with Crippen molar-refractivity contribution in [1.82, 2.24) is 15.5 Å². The van der Waals surface area contributed by atoms with Gasteiger partial charge < -0.3 is 5.32 Å². The lowest BCUT2D eigenvalue weighted by molar-refractivity contribution is -0.118. The maximum Gasteiger partial charge on any atom is 0.257 e. The SMILES string of the molecule is Cc1ccccc1C(=O)Nc1nnc(SCC(=O)NCCc2ccccc2)s1. The van der Waals surface area contributed by atoms with Gasteiger partial charge in [0.05, 0.1) is 5.75 Å². The number of hydrogen-bond donors (Lipinski definition) is 2. The number of aromatic nitrogens is 2. The van der Waals surface area contributed by atoms with Crippen molar-refractivity contribution in [3.8, 4) is 0 Å². The molecule has 1 aromatic heterocycles. The van der Waals surface area contributed by atoms with Crippen LogP contribution >= 0.6 is 23.1 Å². The first-order valence-electron chi connectivity index (χ1n) is 8.76. The Balaban J connectivity index is 1.42. The van der Waals surface area contributed by atoms with Crippen LogP contribution in [0.25, 0.3) is 0 Å². The van der Waals surface area contributed by atoms with Crippen molar-refractivity contribution >= 4 is 40.0 Å². The Bertz CT molecular complexity index is 944. The predicted molar refractivity (Wildman–Crippen MR) is 113 cm³/mol. The topological polar surface area (TPSA) is 84.0 Å². The van der Waals surface area contributed by atoms with Crippen LogP contribution in [0.1, 0.15) is 21.5 Å². The van der Waals surface area contributed by atoms with Gasteiger partial charge in [-0.05, 0) is 30.5 Å². The molecule has 28 heavy (non-hydrogen) atoms. The van der Waals surface area contributed by atoms with Gasteiger partial charge in [-0.1, -0.05) is 71.6 Å². The highest BCUT2D eigenvalue weighted by atomic mass is 32.2. The summed E-state index contributed by atoms with van der Waals surface area (Å²) in [6.45, 7) is 2.48. The van der Waals surface area contributed by atoms with Crippen LogP contribution in [0.5, 0.6) is 0 Å². The van der Waals surface area contributed by atoms with Crippen LogP contribution in [0.2, 0.25) is 0 Å². The van der Waals surface area contributed by atoms with E-state index in [9.17, 15) is 9.59 Å². The summed E-state index contributed by atoms with van der Waals surface area (Å²) >= 11 is 2.56. The summed E-state index contributed by atoms with van der Waals surface area (Å²) in [5, 5.41) is 14.1. The number of carbonyl (C=O) groups is 2. The average Bonchev–Trinajstić information content (AvgIpc) is 3.15. The fraction of sp³-hybridized carbons (Fsp3) is 0.200. The summed E-state index contributed by atoms with van der Waals surface area (Å²) in [5.74, 6) is -0.0131. The monoisotopic (exact) mass is 412 g/mol. The third kappa shape index (κ3) is 5.90. The number of carbonyl (C=O) groups excluding carboxylic acids is 2. The Morgan fingerprint density at radius 2 is 1.79 bits per heavy atom. The van der Waals surface area contributed by atoms with Gasteiger partial charge in [0.2, 0.25) is 11.0 Å². The van der Waals surface area contributed by atoms with Crippen LogP contribution in [0.4, 0.5) is 5.13 Å². The van der Waals surface area contributed by atoms with E-state index in [-0.39, 0.29) is 17.6 Å². The maximum atomic E-state index is 12.3. The van der Waals surface area contributed by atoms with E-state index in [4.69, 9.17) is 0 Å². The number of rotatable bonds is 8. The molecule has 3 rings (SSSR count). The van der Waals surface area contributed by atoms with E-state index in [2.05, 4.69) is 20.8 Å². The fourth-order valence-electron chi connectivity index (χ4n) is 2.48. The number of aryl methyl sites for hydroxylation is 1. The second-order valence-corrected chi connectivity index (χ2v) is 8.22. The molecule has 2 aromatic carbocycles. The number of hydrogen-bond acceptors (Lipinski definition) is 6. The molecule has 0 unspecified atom stereocenters. The van der Waals surface area contributed by atoms with Gasteiger partial charge in [0.15, 0.2) is 4.34 Å². The summed E-state index contributed by atoms with van der Waals surface area (Å²) in [6.07, 6.45) is 0.797. The standard InChI is InChI=1S/C20H20N4O2S2/c1-14-7-5-6-10-16(14)18(26)22-19-23-24-20(28-19)27-13-17(25)21-12-11-15-8-3-2-4-9-15/h2-10H,11-13H2,1H3,(H,21,25)(H,22,23,26). The van der Waals surface area contributed by atoms with Gasteiger partial charge in [-0.25, -0.2) is 0 Å². The molecule has 0 aliphatic heterocycles. The number of amides is 2. The minimum atomic E-state index is -0.218. The van der Waals surface area contributed by atoms with Crippen LogP contribution in [0.15, 0.2) is 58.9 Å².